The Morgan fingerprint density at radius 2 is 1.50 bits per heavy atom. The lowest BCUT2D eigenvalue weighted by Gasteiger charge is -2.06. The zero-order valence-electron chi connectivity index (χ0n) is 16.3. The van der Waals surface area contributed by atoms with E-state index in [0.717, 1.165) is 22.5 Å². The van der Waals surface area contributed by atoms with E-state index < -0.39 is 0 Å². The molecule has 6 heteroatoms. The van der Waals surface area contributed by atoms with Crippen molar-refractivity contribution in [1.82, 2.24) is 14.7 Å². The van der Waals surface area contributed by atoms with Crippen LogP contribution in [0.4, 0.5) is 0 Å². The molecule has 4 rings (SSSR count). The number of rotatable bonds is 8. The standard InChI is InChI=1S/C24H21N3O2S/c28-23(25-17-20-9-5-2-6-10-20)16-19-11-13-21(14-12-19)29-24-26-22(27-30-24)15-18-7-3-1-4-8-18/h1-14H,15-17H2,(H,25,28). The molecule has 1 amide bonds. The minimum Gasteiger partial charge on any atom is -0.430 e. The molecule has 3 aromatic carbocycles. The summed E-state index contributed by atoms with van der Waals surface area (Å²) < 4.78 is 10.2. The van der Waals surface area contributed by atoms with E-state index in [1.807, 2.05) is 72.8 Å². The molecule has 0 spiro atoms. The molecule has 4 aromatic rings. The molecule has 0 atom stereocenters. The van der Waals surface area contributed by atoms with Gasteiger partial charge < -0.3 is 10.1 Å². The van der Waals surface area contributed by atoms with E-state index in [4.69, 9.17) is 4.74 Å². The van der Waals surface area contributed by atoms with Crippen LogP contribution in [0.5, 0.6) is 10.9 Å². The van der Waals surface area contributed by atoms with E-state index in [2.05, 4.69) is 26.8 Å². The van der Waals surface area contributed by atoms with Crippen molar-refractivity contribution in [2.45, 2.75) is 19.4 Å². The van der Waals surface area contributed by atoms with Gasteiger partial charge in [-0.15, -0.1) is 0 Å². The fourth-order valence-corrected chi connectivity index (χ4v) is 3.52. The lowest BCUT2D eigenvalue weighted by molar-refractivity contribution is -0.120. The third-order valence-electron chi connectivity index (χ3n) is 4.48. The quantitative estimate of drug-likeness (QED) is 0.450. The molecule has 0 saturated heterocycles. The smallest absolute Gasteiger partial charge is 0.298 e. The van der Waals surface area contributed by atoms with E-state index in [-0.39, 0.29) is 5.91 Å². The fourth-order valence-electron chi connectivity index (χ4n) is 2.95. The second-order valence-electron chi connectivity index (χ2n) is 6.82. The van der Waals surface area contributed by atoms with Gasteiger partial charge in [-0.05, 0) is 28.8 Å². The number of benzene rings is 3. The largest absolute Gasteiger partial charge is 0.430 e. The van der Waals surface area contributed by atoms with E-state index in [1.165, 1.54) is 11.5 Å². The maximum absolute atomic E-state index is 12.2. The number of nitrogens with one attached hydrogen (secondary N) is 1. The summed E-state index contributed by atoms with van der Waals surface area (Å²) in [6.07, 6.45) is 1.00. The molecule has 30 heavy (non-hydrogen) atoms. The second-order valence-corrected chi connectivity index (χ2v) is 7.54. The Kier molecular flexibility index (Phi) is 6.47. The molecule has 0 radical (unpaired) electrons. The van der Waals surface area contributed by atoms with Crippen molar-refractivity contribution in [3.05, 3.63) is 107 Å². The van der Waals surface area contributed by atoms with Crippen LogP contribution < -0.4 is 10.1 Å². The number of nitrogens with zero attached hydrogens (tertiary/aromatic N) is 2. The Bertz CT molecular complexity index is 1080. The molecule has 0 aliphatic carbocycles. The lowest BCUT2D eigenvalue weighted by atomic mass is 10.1. The zero-order chi connectivity index (χ0) is 20.6. The Balaban J connectivity index is 1.28. The summed E-state index contributed by atoms with van der Waals surface area (Å²) in [4.78, 5) is 16.6. The summed E-state index contributed by atoms with van der Waals surface area (Å²) >= 11 is 1.24. The minimum atomic E-state index is -0.0119. The first-order valence-electron chi connectivity index (χ1n) is 9.68. The van der Waals surface area contributed by atoms with Crippen LogP contribution in [0.15, 0.2) is 84.9 Å². The summed E-state index contributed by atoms with van der Waals surface area (Å²) in [5, 5.41) is 3.45. The van der Waals surface area contributed by atoms with Crippen LogP contribution in [0.25, 0.3) is 0 Å². The predicted octanol–water partition coefficient (Wildman–Crippen LogP) is 4.78. The molecule has 0 aliphatic heterocycles. The van der Waals surface area contributed by atoms with Crippen molar-refractivity contribution in [3.8, 4) is 10.9 Å². The van der Waals surface area contributed by atoms with Crippen LogP contribution in [0.3, 0.4) is 0 Å². The van der Waals surface area contributed by atoms with Crippen molar-refractivity contribution < 1.29 is 9.53 Å². The van der Waals surface area contributed by atoms with Gasteiger partial charge >= 0.3 is 0 Å². The van der Waals surface area contributed by atoms with Gasteiger partial charge in [0.25, 0.3) is 5.19 Å². The molecule has 0 aliphatic rings. The molecule has 0 saturated carbocycles. The van der Waals surface area contributed by atoms with E-state index in [9.17, 15) is 4.79 Å². The molecule has 1 aromatic heterocycles. The Morgan fingerprint density at radius 1 is 0.833 bits per heavy atom. The molecular weight excluding hydrogens is 394 g/mol. The van der Waals surface area contributed by atoms with Gasteiger partial charge in [0, 0.05) is 24.5 Å². The summed E-state index contributed by atoms with van der Waals surface area (Å²) in [6.45, 7) is 0.531. The number of aromatic nitrogens is 2. The van der Waals surface area contributed by atoms with Gasteiger partial charge in [-0.1, -0.05) is 72.8 Å². The van der Waals surface area contributed by atoms with E-state index in [1.54, 1.807) is 0 Å². The van der Waals surface area contributed by atoms with Crippen molar-refractivity contribution in [1.29, 1.82) is 0 Å². The topological polar surface area (TPSA) is 64.1 Å². The molecular formula is C24H21N3O2S. The fraction of sp³-hybridized carbons (Fsp3) is 0.125. The number of carbonyl (C=O) groups excluding carboxylic acids is 1. The Hall–Kier alpha value is -3.51. The van der Waals surface area contributed by atoms with Gasteiger partial charge in [0.05, 0.1) is 6.42 Å². The van der Waals surface area contributed by atoms with Crippen molar-refractivity contribution in [3.63, 3.8) is 0 Å². The van der Waals surface area contributed by atoms with Gasteiger partial charge in [-0.2, -0.15) is 9.36 Å². The molecule has 1 heterocycles. The summed E-state index contributed by atoms with van der Waals surface area (Å²) in [6, 6.07) is 27.4. The first kappa shape index (κ1) is 19.8. The third kappa shape index (κ3) is 5.75. The average molecular weight is 416 g/mol. The van der Waals surface area contributed by atoms with Gasteiger partial charge in [-0.3, -0.25) is 4.79 Å². The van der Waals surface area contributed by atoms with Crippen LogP contribution >= 0.6 is 11.5 Å². The van der Waals surface area contributed by atoms with Crippen LogP contribution in [-0.2, 0) is 24.2 Å². The summed E-state index contributed by atoms with van der Waals surface area (Å²) in [5.74, 6) is 1.40. The SMILES string of the molecule is O=C(Cc1ccc(Oc2nc(Cc3ccccc3)ns2)cc1)NCc1ccccc1. The van der Waals surface area contributed by atoms with Gasteiger partial charge in [0.2, 0.25) is 5.91 Å². The van der Waals surface area contributed by atoms with E-state index >= 15 is 0 Å². The average Bonchev–Trinajstić information content (AvgIpc) is 3.22. The highest BCUT2D eigenvalue weighted by Gasteiger charge is 2.08. The van der Waals surface area contributed by atoms with Crippen LogP contribution in [0, 0.1) is 0 Å². The van der Waals surface area contributed by atoms with Crippen molar-refractivity contribution in [2.75, 3.05) is 0 Å². The Morgan fingerprint density at radius 3 is 2.20 bits per heavy atom. The van der Waals surface area contributed by atoms with E-state index in [0.29, 0.717) is 30.3 Å². The third-order valence-corrected chi connectivity index (χ3v) is 5.11. The van der Waals surface area contributed by atoms with Gasteiger partial charge in [-0.25, -0.2) is 0 Å². The van der Waals surface area contributed by atoms with Crippen molar-refractivity contribution >= 4 is 17.4 Å². The summed E-state index contributed by atoms with van der Waals surface area (Å²) in [7, 11) is 0. The molecule has 0 unspecified atom stereocenters. The number of ether oxygens (including phenoxy) is 1. The minimum absolute atomic E-state index is 0.0119. The maximum atomic E-state index is 12.2. The molecule has 150 valence electrons. The normalized spacial score (nSPS) is 10.5. The lowest BCUT2D eigenvalue weighted by Crippen LogP contribution is -2.24. The molecule has 0 bridgehead atoms. The first-order valence-corrected chi connectivity index (χ1v) is 10.5. The van der Waals surface area contributed by atoms with Gasteiger partial charge in [0.1, 0.15) is 5.75 Å². The highest BCUT2D eigenvalue weighted by Crippen LogP contribution is 2.24. The van der Waals surface area contributed by atoms with Crippen LogP contribution in [0.1, 0.15) is 22.5 Å². The number of amides is 1. The monoisotopic (exact) mass is 415 g/mol. The molecule has 0 fully saturated rings. The highest BCUT2D eigenvalue weighted by atomic mass is 32.1. The van der Waals surface area contributed by atoms with Crippen LogP contribution in [-0.4, -0.2) is 15.3 Å². The Labute approximate surface area is 179 Å². The number of carbonyl (C=O) groups is 1. The number of hydrogen-bond donors (Lipinski definition) is 1. The maximum Gasteiger partial charge on any atom is 0.298 e. The first-order chi connectivity index (χ1) is 14.7. The molecule has 1 N–H and O–H groups in total. The molecule has 5 nitrogen and oxygen atoms in total. The van der Waals surface area contributed by atoms with Crippen molar-refractivity contribution in [2.24, 2.45) is 0 Å². The second kappa shape index (κ2) is 9.80. The van der Waals surface area contributed by atoms with Crippen LogP contribution in [0.2, 0.25) is 0 Å². The van der Waals surface area contributed by atoms with Gasteiger partial charge in [0.15, 0.2) is 5.82 Å². The zero-order valence-corrected chi connectivity index (χ0v) is 17.1. The highest BCUT2D eigenvalue weighted by molar-refractivity contribution is 7.07. The number of hydrogen-bond acceptors (Lipinski definition) is 5. The summed E-state index contributed by atoms with van der Waals surface area (Å²) in [5.41, 5.74) is 3.17. The predicted molar refractivity (Wildman–Crippen MR) is 118 cm³/mol.